The van der Waals surface area contributed by atoms with Crippen molar-refractivity contribution in [3.8, 4) is 6.07 Å². The van der Waals surface area contributed by atoms with Crippen LogP contribution >= 0.6 is 38.5 Å². The van der Waals surface area contributed by atoms with Gasteiger partial charge in [0.05, 0.1) is 15.7 Å². The maximum atomic E-state index is 8.64. The van der Waals surface area contributed by atoms with Gasteiger partial charge in [0.25, 0.3) is 0 Å². The van der Waals surface area contributed by atoms with Crippen LogP contribution in [0.1, 0.15) is 9.68 Å². The Morgan fingerprint density at radius 2 is 2.40 bits per heavy atom. The molecule has 0 saturated heterocycles. The first-order valence-electron chi connectivity index (χ1n) is 3.85. The molecule has 10 heavy (non-hydrogen) atoms. The maximum absolute atomic E-state index is 8.64. The second-order valence-corrected chi connectivity index (χ2v) is 3.36. The van der Waals surface area contributed by atoms with Crippen molar-refractivity contribution in [3.05, 3.63) is 31.7 Å². The van der Waals surface area contributed by atoms with Crippen molar-refractivity contribution in [1.82, 2.24) is 0 Å². The molecule has 0 saturated carbocycles. The molecule has 0 N–H and O–H groups in total. The third-order valence-electron chi connectivity index (χ3n) is 0.836. The van der Waals surface area contributed by atoms with E-state index in [0.717, 1.165) is 0 Å². The molecule has 0 amide bonds. The van der Waals surface area contributed by atoms with Gasteiger partial charge in [-0.05, 0) is 56.6 Å². The monoisotopic (exact) mass is 310 g/mol. The molecule has 0 bridgehead atoms. The van der Waals surface area contributed by atoms with Crippen LogP contribution in [0.5, 0.6) is 0 Å². The largest absolute Gasteiger partial charge is 0.192 e. The van der Waals surface area contributed by atoms with E-state index in [2.05, 4.69) is 15.9 Å². The summed E-state index contributed by atoms with van der Waals surface area (Å²) >= 11 is 4.98. The van der Waals surface area contributed by atoms with Crippen LogP contribution in [-0.4, -0.2) is 0 Å². The summed E-state index contributed by atoms with van der Waals surface area (Å²) in [6.07, 6.45) is 0. The highest BCUT2D eigenvalue weighted by Gasteiger charge is 1.95. The summed E-state index contributed by atoms with van der Waals surface area (Å²) in [5.41, 5.74) is -0.0581. The molecule has 3 heteroatoms. The standard InChI is InChI=1S/C7H3BrIN/c8-6-3-5(4-10)1-2-7(6)9/h1-3H/i1D,2D,3D. The second kappa shape index (κ2) is 3.35. The smallest absolute Gasteiger partial charge is 0.0992 e. The molecule has 0 fully saturated rings. The van der Waals surface area contributed by atoms with Crippen LogP contribution in [-0.2, 0) is 0 Å². The minimum atomic E-state index is -0.180. The number of nitriles is 1. The average molecular weight is 311 g/mol. The number of hydrogen-bond acceptors (Lipinski definition) is 1. The predicted molar refractivity (Wildman–Crippen MR) is 51.6 cm³/mol. The minimum absolute atomic E-state index is 0.0139. The number of rotatable bonds is 0. The van der Waals surface area contributed by atoms with Crippen LogP contribution in [0.25, 0.3) is 0 Å². The molecule has 1 rings (SSSR count). The molecule has 0 radical (unpaired) electrons. The highest BCUT2D eigenvalue weighted by Crippen LogP contribution is 2.19. The molecule has 0 aromatic heterocycles. The molecule has 0 atom stereocenters. The van der Waals surface area contributed by atoms with E-state index >= 15 is 0 Å². The Hall–Kier alpha value is -0.0800. The van der Waals surface area contributed by atoms with E-state index in [-0.39, 0.29) is 23.7 Å². The lowest BCUT2D eigenvalue weighted by Gasteiger charge is -1.93. The first-order valence-corrected chi connectivity index (χ1v) is 4.22. The molecule has 0 unspecified atom stereocenters. The number of benzene rings is 1. The Balaban J connectivity index is 3.69. The molecular weight excluding hydrogens is 305 g/mol. The number of nitrogens with zero attached hydrogens (tertiary/aromatic N) is 1. The molecule has 1 aromatic rings. The van der Waals surface area contributed by atoms with E-state index in [9.17, 15) is 0 Å². The SMILES string of the molecule is [2H]c1c([2H])c(C#N)c([2H])c(Br)c1I. The van der Waals surface area contributed by atoms with Gasteiger partial charge in [-0.25, -0.2) is 0 Å². The van der Waals surface area contributed by atoms with E-state index in [1.54, 1.807) is 6.07 Å². The molecule has 1 nitrogen and oxygen atoms in total. The molecule has 0 aliphatic heterocycles. The fourth-order valence-corrected chi connectivity index (χ4v) is 0.991. The van der Waals surface area contributed by atoms with Gasteiger partial charge in [0.15, 0.2) is 0 Å². The summed E-state index contributed by atoms with van der Waals surface area (Å²) in [4.78, 5) is 0. The second-order valence-electron chi connectivity index (χ2n) is 1.49. The number of halogens is 2. The topological polar surface area (TPSA) is 23.8 Å². The lowest BCUT2D eigenvalue weighted by atomic mass is 10.2. The zero-order valence-electron chi connectivity index (χ0n) is 7.70. The molecule has 1 aromatic carbocycles. The summed E-state index contributed by atoms with van der Waals surface area (Å²) in [6, 6.07) is 1.53. The molecule has 0 aliphatic carbocycles. The van der Waals surface area contributed by atoms with Crippen molar-refractivity contribution in [2.45, 2.75) is 0 Å². The Morgan fingerprint density at radius 1 is 1.70 bits per heavy atom. The quantitative estimate of drug-likeness (QED) is 0.676. The molecule has 0 aliphatic rings. The van der Waals surface area contributed by atoms with Gasteiger partial charge in [-0.15, -0.1) is 0 Å². The fourth-order valence-electron chi connectivity index (χ4n) is 0.424. The Labute approximate surface area is 85.5 Å². The van der Waals surface area contributed by atoms with Crippen LogP contribution in [0.2, 0.25) is 0 Å². The summed E-state index contributed by atoms with van der Waals surface area (Å²) in [7, 11) is 0. The van der Waals surface area contributed by atoms with Gasteiger partial charge in [-0.3, -0.25) is 0 Å². The lowest BCUT2D eigenvalue weighted by Crippen LogP contribution is -1.76. The minimum Gasteiger partial charge on any atom is -0.192 e. The van der Waals surface area contributed by atoms with Gasteiger partial charge >= 0.3 is 0 Å². The van der Waals surface area contributed by atoms with E-state index in [4.69, 9.17) is 9.37 Å². The first-order chi connectivity index (χ1) is 6.00. The van der Waals surface area contributed by atoms with Gasteiger partial charge in [-0.1, -0.05) is 0 Å². The first kappa shape index (κ1) is 4.73. The van der Waals surface area contributed by atoms with Crippen LogP contribution in [0, 0.1) is 14.9 Å². The zero-order chi connectivity index (χ0) is 10.2. The van der Waals surface area contributed by atoms with Crippen molar-refractivity contribution in [2.75, 3.05) is 0 Å². The highest BCUT2D eigenvalue weighted by atomic mass is 127. The van der Waals surface area contributed by atoms with Crippen LogP contribution < -0.4 is 0 Å². The van der Waals surface area contributed by atoms with Crippen molar-refractivity contribution in [3.63, 3.8) is 0 Å². The molecule has 0 spiro atoms. The van der Waals surface area contributed by atoms with Gasteiger partial charge < -0.3 is 0 Å². The highest BCUT2D eigenvalue weighted by molar-refractivity contribution is 14.1. The van der Waals surface area contributed by atoms with E-state index in [1.807, 2.05) is 22.6 Å². The maximum Gasteiger partial charge on any atom is 0.0992 e. The van der Waals surface area contributed by atoms with Crippen LogP contribution in [0.4, 0.5) is 0 Å². The van der Waals surface area contributed by atoms with Crippen molar-refractivity contribution in [2.24, 2.45) is 0 Å². The van der Waals surface area contributed by atoms with Gasteiger partial charge in [-0.2, -0.15) is 5.26 Å². The lowest BCUT2D eigenvalue weighted by molar-refractivity contribution is 1.46. The Bertz CT molecular complexity index is 384. The van der Waals surface area contributed by atoms with Gasteiger partial charge in [0, 0.05) is 8.04 Å². The summed E-state index contributed by atoms with van der Waals surface area (Å²) < 4.78 is 23.3. The van der Waals surface area contributed by atoms with Crippen molar-refractivity contribution < 1.29 is 4.11 Å². The van der Waals surface area contributed by atoms with Gasteiger partial charge in [0.2, 0.25) is 0 Å². The third kappa shape index (κ3) is 1.70. The fraction of sp³-hybridized carbons (Fsp3) is 0. The normalized spacial score (nSPS) is 13.1. The van der Waals surface area contributed by atoms with Crippen LogP contribution in [0.3, 0.4) is 0 Å². The predicted octanol–water partition coefficient (Wildman–Crippen LogP) is 2.93. The van der Waals surface area contributed by atoms with Crippen molar-refractivity contribution >= 4 is 38.5 Å². The molecular formula is C7H3BrIN. The average Bonchev–Trinajstić information content (AvgIpc) is 2.13. The van der Waals surface area contributed by atoms with Crippen molar-refractivity contribution in [1.29, 1.82) is 5.26 Å². The molecule has 0 heterocycles. The Kier molecular flexibility index (Phi) is 1.58. The summed E-state index contributed by atoms with van der Waals surface area (Å²) in [5, 5.41) is 8.64. The van der Waals surface area contributed by atoms with Gasteiger partial charge in [0.1, 0.15) is 0 Å². The van der Waals surface area contributed by atoms with E-state index in [1.165, 1.54) is 0 Å². The number of hydrogen-bond donors (Lipinski definition) is 0. The summed E-state index contributed by atoms with van der Waals surface area (Å²) in [6.45, 7) is 0. The van der Waals surface area contributed by atoms with E-state index < -0.39 is 0 Å². The van der Waals surface area contributed by atoms with E-state index in [0.29, 0.717) is 8.04 Å². The molecule has 50 valence electrons. The zero-order valence-corrected chi connectivity index (χ0v) is 8.45. The van der Waals surface area contributed by atoms with Crippen LogP contribution in [0.15, 0.2) is 22.6 Å². The Morgan fingerprint density at radius 3 is 3.00 bits per heavy atom. The summed E-state index contributed by atoms with van der Waals surface area (Å²) in [5.74, 6) is 0. The third-order valence-corrected chi connectivity index (χ3v) is 2.98.